The number of carbonyl (C=O) groups is 4. The lowest BCUT2D eigenvalue weighted by Crippen LogP contribution is -2.51. The Bertz CT molecular complexity index is 1190. The first kappa shape index (κ1) is 37.4. The van der Waals surface area contributed by atoms with Crippen molar-refractivity contribution in [2.24, 2.45) is 46.3 Å². The Kier molecular flexibility index (Phi) is 12.8. The number of hydrogen-bond acceptors (Lipinski definition) is 10. The van der Waals surface area contributed by atoms with Gasteiger partial charge in [0, 0.05) is 30.8 Å². The number of hydroxylamine groups is 2. The molecular formula is C37H57NO8S2. The first-order valence-corrected chi connectivity index (χ1v) is 20.9. The van der Waals surface area contributed by atoms with Crippen LogP contribution in [0.4, 0.5) is 9.59 Å². The summed E-state index contributed by atoms with van der Waals surface area (Å²) in [5.74, 6) is 4.80. The van der Waals surface area contributed by atoms with E-state index in [-0.39, 0.29) is 37.6 Å². The monoisotopic (exact) mass is 707 g/mol. The van der Waals surface area contributed by atoms with Gasteiger partial charge in [0.1, 0.15) is 19.3 Å². The summed E-state index contributed by atoms with van der Waals surface area (Å²) in [6.45, 7) is 12.7. The maximum atomic E-state index is 12.5. The van der Waals surface area contributed by atoms with Crippen LogP contribution in [-0.2, 0) is 28.6 Å². The molecule has 5 aliphatic rings. The second kappa shape index (κ2) is 16.4. The number of hydrogen-bond donors (Lipinski definition) is 0. The largest absolute Gasteiger partial charge is 0.533 e. The molecule has 5 rings (SSSR count). The summed E-state index contributed by atoms with van der Waals surface area (Å²) >= 11 is 0. The fourth-order valence-electron chi connectivity index (χ4n) is 10.1. The summed E-state index contributed by atoms with van der Waals surface area (Å²) in [7, 11) is 2.94. The van der Waals surface area contributed by atoms with Crippen LogP contribution in [0.3, 0.4) is 0 Å². The van der Waals surface area contributed by atoms with E-state index in [2.05, 4.69) is 45.5 Å². The highest BCUT2D eigenvalue weighted by Gasteiger charge is 2.59. The molecule has 8 unspecified atom stereocenters. The second-order valence-electron chi connectivity index (χ2n) is 15.8. The van der Waals surface area contributed by atoms with Gasteiger partial charge in [-0.1, -0.05) is 92.2 Å². The highest BCUT2D eigenvalue weighted by Crippen LogP contribution is 2.67. The third-order valence-electron chi connectivity index (χ3n) is 12.6. The van der Waals surface area contributed by atoms with Crippen molar-refractivity contribution < 1.29 is 38.2 Å². The molecule has 11 heteroatoms. The lowest BCUT2D eigenvalue weighted by atomic mass is 9.47. The highest BCUT2D eigenvalue weighted by atomic mass is 33.1. The standard InChI is InChI=1S/C37H57NO8S2/c1-24(2)7-6-8-25(3)29-11-12-30-28-10-9-26-23-27(15-17-36(26,4)31(28)16-18-37(29,30)5)45-34(41)43-19-21-47-48-22-20-44-35(42)46-38-32(39)13-14-33(38)40/h9,24-25,27-31H,6-8,10-23H2,1-5H3. The summed E-state index contributed by atoms with van der Waals surface area (Å²) in [5.41, 5.74) is 2.21. The maximum Gasteiger partial charge on any atom is 0.533 e. The van der Waals surface area contributed by atoms with Crippen molar-refractivity contribution in [3.8, 4) is 0 Å². The Hall–Kier alpha value is -1.88. The van der Waals surface area contributed by atoms with E-state index >= 15 is 0 Å². The van der Waals surface area contributed by atoms with E-state index in [1.165, 1.54) is 78.5 Å². The average Bonchev–Trinajstić information content (AvgIpc) is 3.56. The fraction of sp³-hybridized carbons (Fsp3) is 0.838. The Morgan fingerprint density at radius 3 is 2.27 bits per heavy atom. The summed E-state index contributed by atoms with van der Waals surface area (Å²) in [4.78, 5) is 51.8. The number of imide groups is 1. The maximum absolute atomic E-state index is 12.5. The van der Waals surface area contributed by atoms with Crippen LogP contribution in [0.1, 0.15) is 118 Å². The van der Waals surface area contributed by atoms with Gasteiger partial charge in [0.2, 0.25) is 0 Å². The smallest absolute Gasteiger partial charge is 0.433 e. The molecule has 0 N–H and O–H groups in total. The Labute approximate surface area is 295 Å². The zero-order chi connectivity index (χ0) is 34.5. The van der Waals surface area contributed by atoms with Gasteiger partial charge < -0.3 is 14.2 Å². The molecule has 0 aromatic heterocycles. The molecule has 1 aliphatic heterocycles. The van der Waals surface area contributed by atoms with Gasteiger partial charge in [-0.25, -0.2) is 9.59 Å². The quantitative estimate of drug-likeness (QED) is 0.0570. The van der Waals surface area contributed by atoms with Crippen LogP contribution in [-0.4, -0.2) is 60.0 Å². The summed E-state index contributed by atoms with van der Waals surface area (Å²) < 4.78 is 16.1. The minimum Gasteiger partial charge on any atom is -0.433 e. The Morgan fingerprint density at radius 2 is 1.58 bits per heavy atom. The first-order valence-electron chi connectivity index (χ1n) is 18.4. The molecule has 0 aromatic rings. The van der Waals surface area contributed by atoms with E-state index < -0.39 is 24.1 Å². The van der Waals surface area contributed by atoms with E-state index in [1.54, 1.807) is 0 Å². The molecule has 4 aliphatic carbocycles. The van der Waals surface area contributed by atoms with Gasteiger partial charge in [0.25, 0.3) is 11.8 Å². The number of allylic oxidation sites excluding steroid dienone is 1. The van der Waals surface area contributed by atoms with Crippen molar-refractivity contribution >= 4 is 45.7 Å². The van der Waals surface area contributed by atoms with Crippen LogP contribution in [0, 0.1) is 46.3 Å². The van der Waals surface area contributed by atoms with Gasteiger partial charge in [-0.3, -0.25) is 14.4 Å². The molecule has 2 amide bonds. The van der Waals surface area contributed by atoms with Gasteiger partial charge in [-0.05, 0) is 91.3 Å². The van der Waals surface area contributed by atoms with Crippen molar-refractivity contribution in [3.05, 3.63) is 11.6 Å². The Morgan fingerprint density at radius 1 is 0.896 bits per heavy atom. The number of carbonyl (C=O) groups excluding carboxylic acids is 4. The van der Waals surface area contributed by atoms with E-state index in [9.17, 15) is 19.2 Å². The number of ether oxygens (including phenoxy) is 3. The van der Waals surface area contributed by atoms with Crippen LogP contribution in [0.2, 0.25) is 0 Å². The van der Waals surface area contributed by atoms with Crippen LogP contribution in [0.15, 0.2) is 11.6 Å². The lowest BCUT2D eigenvalue weighted by molar-refractivity contribution is -0.176. The van der Waals surface area contributed by atoms with Gasteiger partial charge in [0.05, 0.1) is 0 Å². The van der Waals surface area contributed by atoms with Crippen molar-refractivity contribution in [3.63, 3.8) is 0 Å². The van der Waals surface area contributed by atoms with Crippen molar-refractivity contribution in [1.82, 2.24) is 5.06 Å². The minimum absolute atomic E-state index is 0.0338. The molecule has 0 spiro atoms. The van der Waals surface area contributed by atoms with Crippen molar-refractivity contribution in [2.75, 3.05) is 24.7 Å². The van der Waals surface area contributed by atoms with Gasteiger partial charge in [-0.15, -0.1) is 0 Å². The molecular weight excluding hydrogens is 651 g/mol. The normalized spacial score (nSPS) is 33.4. The Balaban J connectivity index is 0.989. The molecule has 1 saturated heterocycles. The second-order valence-corrected chi connectivity index (χ2v) is 18.5. The van der Waals surface area contributed by atoms with Crippen molar-refractivity contribution in [2.45, 2.75) is 124 Å². The number of nitrogens with zero attached hydrogens (tertiary/aromatic N) is 1. The SMILES string of the molecule is CC(C)CCCC(C)C1CCC2C3CC=C4CC(OC(=O)OCCSSCCOC(=O)ON5C(=O)CCC5=O)CCC4(C)C3CCC12C. The summed E-state index contributed by atoms with van der Waals surface area (Å²) in [5, 5.41) is 0.458. The molecule has 9 nitrogen and oxygen atoms in total. The van der Waals surface area contributed by atoms with Crippen molar-refractivity contribution in [1.29, 1.82) is 0 Å². The predicted molar refractivity (Wildman–Crippen MR) is 188 cm³/mol. The molecule has 3 saturated carbocycles. The van der Waals surface area contributed by atoms with E-state index in [0.29, 0.717) is 22.0 Å². The molecule has 0 bridgehead atoms. The molecule has 48 heavy (non-hydrogen) atoms. The van der Waals surface area contributed by atoms with Crippen LogP contribution in [0.25, 0.3) is 0 Å². The molecule has 8 atom stereocenters. The topological polar surface area (TPSA) is 108 Å². The number of rotatable bonds is 14. The summed E-state index contributed by atoms with van der Waals surface area (Å²) in [6.07, 6.45) is 14.4. The van der Waals surface area contributed by atoms with Crippen LogP contribution in [0.5, 0.6) is 0 Å². The van der Waals surface area contributed by atoms with E-state index in [0.717, 1.165) is 54.8 Å². The average molecular weight is 708 g/mol. The fourth-order valence-corrected chi connectivity index (χ4v) is 11.8. The van der Waals surface area contributed by atoms with Crippen LogP contribution >= 0.6 is 21.6 Å². The number of fused-ring (bicyclic) bond motifs is 5. The van der Waals surface area contributed by atoms with Gasteiger partial charge in [0.15, 0.2) is 0 Å². The molecule has 0 radical (unpaired) electrons. The molecule has 0 aromatic carbocycles. The molecule has 1 heterocycles. The van der Waals surface area contributed by atoms with Gasteiger partial charge >= 0.3 is 12.3 Å². The highest BCUT2D eigenvalue weighted by molar-refractivity contribution is 8.76. The first-order chi connectivity index (χ1) is 22.9. The number of amides is 2. The predicted octanol–water partition coefficient (Wildman–Crippen LogP) is 9.15. The lowest BCUT2D eigenvalue weighted by Gasteiger charge is -2.58. The summed E-state index contributed by atoms with van der Waals surface area (Å²) in [6, 6.07) is 0. The van der Waals surface area contributed by atoms with E-state index in [1.807, 2.05) is 0 Å². The zero-order valence-electron chi connectivity index (χ0n) is 29.7. The third kappa shape index (κ3) is 8.52. The van der Waals surface area contributed by atoms with Crippen LogP contribution < -0.4 is 0 Å². The van der Waals surface area contributed by atoms with Gasteiger partial charge in [-0.2, -0.15) is 0 Å². The van der Waals surface area contributed by atoms with E-state index in [4.69, 9.17) is 14.2 Å². The molecule has 270 valence electrons. The minimum atomic E-state index is -1.08. The molecule has 4 fully saturated rings. The third-order valence-corrected chi connectivity index (χ3v) is 14.9. The zero-order valence-corrected chi connectivity index (χ0v) is 31.3.